The molecule has 0 aromatic heterocycles. The molecule has 9 heteroatoms. The van der Waals surface area contributed by atoms with Crippen molar-refractivity contribution >= 4 is 23.5 Å². The van der Waals surface area contributed by atoms with Crippen molar-refractivity contribution in [3.8, 4) is 11.5 Å². The Morgan fingerprint density at radius 1 is 1.28 bits per heavy atom. The van der Waals surface area contributed by atoms with E-state index >= 15 is 0 Å². The van der Waals surface area contributed by atoms with Gasteiger partial charge in [-0.3, -0.25) is 20.3 Å². The van der Waals surface area contributed by atoms with Crippen LogP contribution in [0, 0.1) is 10.1 Å². The summed E-state index contributed by atoms with van der Waals surface area (Å²) in [4.78, 5) is 23.8. The summed E-state index contributed by atoms with van der Waals surface area (Å²) in [5.74, 6) is 0.794. The minimum absolute atomic E-state index is 0.0216. The molecule has 1 amide bonds. The van der Waals surface area contributed by atoms with Gasteiger partial charge in [-0.15, -0.1) is 0 Å². The highest BCUT2D eigenvalue weighted by Gasteiger charge is 2.18. The molecule has 1 atom stereocenters. The van der Waals surface area contributed by atoms with Crippen molar-refractivity contribution in [2.45, 2.75) is 20.0 Å². The van der Waals surface area contributed by atoms with Crippen LogP contribution in [0.15, 0.2) is 47.6 Å². The Labute approximate surface area is 169 Å². The van der Waals surface area contributed by atoms with E-state index in [0.717, 1.165) is 5.56 Å². The number of hydrogen-bond donors (Lipinski definition) is 1. The van der Waals surface area contributed by atoms with Crippen LogP contribution in [0.3, 0.4) is 0 Å². The quantitative estimate of drug-likeness (QED) is 0.393. The molecule has 0 aliphatic carbocycles. The molecule has 0 saturated heterocycles. The van der Waals surface area contributed by atoms with Gasteiger partial charge in [0.1, 0.15) is 0 Å². The number of nitro benzene ring substituents is 1. The maximum atomic E-state index is 12.0. The van der Waals surface area contributed by atoms with Crippen LogP contribution in [-0.4, -0.2) is 48.8 Å². The molecule has 0 aliphatic heterocycles. The number of ether oxygens (including phenoxy) is 2. The Morgan fingerprint density at radius 2 is 2.03 bits per heavy atom. The number of hydrogen-bond acceptors (Lipinski definition) is 7. The van der Waals surface area contributed by atoms with Gasteiger partial charge in [0, 0.05) is 26.2 Å². The average molecular weight is 400 g/mol. The van der Waals surface area contributed by atoms with E-state index in [1.165, 1.54) is 17.0 Å². The smallest absolute Gasteiger partial charge is 0.271 e. The zero-order valence-electron chi connectivity index (χ0n) is 16.8. The van der Waals surface area contributed by atoms with Crippen molar-refractivity contribution < 1.29 is 19.2 Å². The Kier molecular flexibility index (Phi) is 7.53. The molecule has 0 unspecified atom stereocenters. The van der Waals surface area contributed by atoms with Gasteiger partial charge in [-0.25, -0.2) is 0 Å². The van der Waals surface area contributed by atoms with Gasteiger partial charge in [-0.1, -0.05) is 6.07 Å². The van der Waals surface area contributed by atoms with Crippen LogP contribution in [0.4, 0.5) is 11.4 Å². The molecule has 0 spiro atoms. The predicted molar refractivity (Wildman–Crippen MR) is 111 cm³/mol. The number of likely N-dealkylation sites (N-methyl/N-ethyl adjacent to an activating group) is 1. The first-order valence-electron chi connectivity index (χ1n) is 9.00. The molecule has 2 aromatic rings. The number of anilines is 1. The first-order valence-corrected chi connectivity index (χ1v) is 9.00. The van der Waals surface area contributed by atoms with Gasteiger partial charge in [-0.2, -0.15) is 5.10 Å². The van der Waals surface area contributed by atoms with E-state index < -0.39 is 11.0 Å². The highest BCUT2D eigenvalue weighted by Crippen LogP contribution is 2.29. The molecule has 0 bridgehead atoms. The molecule has 2 rings (SSSR count). The summed E-state index contributed by atoms with van der Waals surface area (Å²) >= 11 is 0. The van der Waals surface area contributed by atoms with Crippen molar-refractivity contribution in [2.24, 2.45) is 5.10 Å². The number of amides is 1. The van der Waals surface area contributed by atoms with Crippen LogP contribution >= 0.6 is 0 Å². The van der Waals surface area contributed by atoms with E-state index in [4.69, 9.17) is 9.47 Å². The Morgan fingerprint density at radius 3 is 2.69 bits per heavy atom. The first kappa shape index (κ1) is 21.7. The number of hydrazone groups is 1. The van der Waals surface area contributed by atoms with Crippen molar-refractivity contribution in [3.05, 3.63) is 58.1 Å². The van der Waals surface area contributed by atoms with Crippen molar-refractivity contribution in [1.29, 1.82) is 0 Å². The molecule has 9 nitrogen and oxygen atoms in total. The molecule has 1 N–H and O–H groups in total. The summed E-state index contributed by atoms with van der Waals surface area (Å²) in [6, 6.07) is 11.3. The highest BCUT2D eigenvalue weighted by atomic mass is 16.6. The Bertz CT molecular complexity index is 898. The standard InChI is InChI=1S/C20H24N4O5/c1-5-28-19-11-15(9-10-18(19)29-14(2)20(25)23(3)4)13-21-22-16-7-6-8-17(12-16)24(26)27/h6-14,22H,5H2,1-4H3/b21-13-/t14-/m1/s1. The van der Waals surface area contributed by atoms with Crippen LogP contribution < -0.4 is 14.9 Å². The lowest BCUT2D eigenvalue weighted by atomic mass is 10.2. The van der Waals surface area contributed by atoms with Gasteiger partial charge in [0.25, 0.3) is 11.6 Å². The fourth-order valence-electron chi connectivity index (χ4n) is 2.45. The normalized spacial score (nSPS) is 11.7. The summed E-state index contributed by atoms with van der Waals surface area (Å²) < 4.78 is 11.4. The average Bonchev–Trinajstić information content (AvgIpc) is 2.69. The number of rotatable bonds is 9. The maximum absolute atomic E-state index is 12.0. The van der Waals surface area contributed by atoms with E-state index in [-0.39, 0.29) is 11.6 Å². The van der Waals surface area contributed by atoms with E-state index in [9.17, 15) is 14.9 Å². The number of nitrogens with zero attached hydrogens (tertiary/aromatic N) is 3. The molecule has 154 valence electrons. The van der Waals surface area contributed by atoms with E-state index in [0.29, 0.717) is 23.8 Å². The second kappa shape index (κ2) is 10.1. The summed E-state index contributed by atoms with van der Waals surface area (Å²) in [5.41, 5.74) is 3.96. The highest BCUT2D eigenvalue weighted by molar-refractivity contribution is 5.82. The van der Waals surface area contributed by atoms with Crippen molar-refractivity contribution in [1.82, 2.24) is 4.90 Å². The number of carbonyl (C=O) groups excluding carboxylic acids is 1. The molecular formula is C20H24N4O5. The molecule has 29 heavy (non-hydrogen) atoms. The molecule has 0 aliphatic rings. The Hall–Kier alpha value is -3.62. The largest absolute Gasteiger partial charge is 0.490 e. The van der Waals surface area contributed by atoms with Crippen LogP contribution in [0.25, 0.3) is 0 Å². The topological polar surface area (TPSA) is 106 Å². The minimum atomic E-state index is -0.653. The van der Waals surface area contributed by atoms with Crippen molar-refractivity contribution in [3.63, 3.8) is 0 Å². The van der Waals surface area contributed by atoms with E-state index in [1.807, 2.05) is 6.92 Å². The number of nitrogens with one attached hydrogen (secondary N) is 1. The van der Waals surface area contributed by atoms with Crippen molar-refractivity contribution in [2.75, 3.05) is 26.1 Å². The van der Waals surface area contributed by atoms with Gasteiger partial charge in [0.05, 0.1) is 23.4 Å². The SMILES string of the molecule is CCOc1cc(/C=N\Nc2cccc([N+](=O)[O-])c2)ccc1O[C@H](C)C(=O)N(C)C. The minimum Gasteiger partial charge on any atom is -0.490 e. The summed E-state index contributed by atoms with van der Waals surface area (Å²) in [7, 11) is 3.33. The number of carbonyl (C=O) groups is 1. The molecule has 2 aromatic carbocycles. The van der Waals surface area contributed by atoms with Crippen LogP contribution in [0.1, 0.15) is 19.4 Å². The zero-order chi connectivity index (χ0) is 21.4. The lowest BCUT2D eigenvalue weighted by molar-refractivity contribution is -0.384. The monoisotopic (exact) mass is 400 g/mol. The molecular weight excluding hydrogens is 376 g/mol. The van der Waals surface area contributed by atoms with Gasteiger partial charge in [-0.05, 0) is 43.7 Å². The number of nitro groups is 1. The maximum Gasteiger partial charge on any atom is 0.271 e. The Balaban J connectivity index is 2.12. The third-order valence-electron chi connectivity index (χ3n) is 3.82. The fourth-order valence-corrected chi connectivity index (χ4v) is 2.45. The van der Waals surface area contributed by atoms with Crippen LogP contribution in [0.5, 0.6) is 11.5 Å². The van der Waals surface area contributed by atoms with Gasteiger partial charge >= 0.3 is 0 Å². The van der Waals surface area contributed by atoms with E-state index in [1.54, 1.807) is 57.6 Å². The molecule has 0 saturated carbocycles. The third kappa shape index (κ3) is 6.20. The van der Waals surface area contributed by atoms with Gasteiger partial charge in [0.2, 0.25) is 0 Å². The third-order valence-corrected chi connectivity index (χ3v) is 3.82. The second-order valence-electron chi connectivity index (χ2n) is 6.31. The predicted octanol–water partition coefficient (Wildman–Crippen LogP) is 3.30. The first-order chi connectivity index (χ1) is 13.8. The molecule has 0 heterocycles. The van der Waals surface area contributed by atoms with Gasteiger partial charge in [0.15, 0.2) is 17.6 Å². The lowest BCUT2D eigenvalue weighted by Gasteiger charge is -2.20. The summed E-state index contributed by atoms with van der Waals surface area (Å²) in [6.45, 7) is 3.96. The lowest BCUT2D eigenvalue weighted by Crippen LogP contribution is -2.35. The molecule has 0 fully saturated rings. The zero-order valence-corrected chi connectivity index (χ0v) is 16.8. The molecule has 0 radical (unpaired) electrons. The van der Waals surface area contributed by atoms with Crippen LogP contribution in [0.2, 0.25) is 0 Å². The number of benzene rings is 2. The van der Waals surface area contributed by atoms with Crippen LogP contribution in [-0.2, 0) is 4.79 Å². The van der Waals surface area contributed by atoms with E-state index in [2.05, 4.69) is 10.5 Å². The summed E-state index contributed by atoms with van der Waals surface area (Å²) in [5, 5.41) is 14.9. The fraction of sp³-hybridized carbons (Fsp3) is 0.300. The number of non-ortho nitro benzene ring substituents is 1. The second-order valence-corrected chi connectivity index (χ2v) is 6.31. The van der Waals surface area contributed by atoms with Gasteiger partial charge < -0.3 is 14.4 Å². The summed E-state index contributed by atoms with van der Waals surface area (Å²) in [6.07, 6.45) is 0.902.